The van der Waals surface area contributed by atoms with Gasteiger partial charge in [-0.2, -0.15) is 5.10 Å². The van der Waals surface area contributed by atoms with Crippen LogP contribution in [0.25, 0.3) is 11.5 Å². The van der Waals surface area contributed by atoms with Crippen molar-refractivity contribution in [2.75, 3.05) is 12.3 Å². The number of rotatable bonds is 5. The molecule has 0 bridgehead atoms. The monoisotopic (exact) mass is 455 g/mol. The fraction of sp³-hybridized carbons (Fsp3) is 0.409. The van der Waals surface area contributed by atoms with Gasteiger partial charge in [0.15, 0.2) is 10.9 Å². The number of nitrogens with one attached hydrogen (secondary N) is 1. The van der Waals surface area contributed by atoms with Crippen molar-refractivity contribution in [1.82, 2.24) is 24.6 Å². The summed E-state index contributed by atoms with van der Waals surface area (Å²) in [6, 6.07) is 8.08. The molecule has 1 unspecified atom stereocenters. The zero-order valence-electron chi connectivity index (χ0n) is 18.2. The molecule has 0 saturated carbocycles. The Bertz CT molecular complexity index is 1240. The van der Waals surface area contributed by atoms with E-state index in [-0.39, 0.29) is 48.0 Å². The predicted molar refractivity (Wildman–Crippen MR) is 121 cm³/mol. The molecule has 168 valence electrons. The SMILES string of the molecule is CC(C)(C)c1cc(=O)n2c(n1)SCC(C(=O)NCCn1nc(-c3ccco3)ccc1=O)C2. The molecule has 0 radical (unpaired) electrons. The second-order valence-electron chi connectivity index (χ2n) is 8.68. The highest BCUT2D eigenvalue weighted by molar-refractivity contribution is 7.99. The Morgan fingerprint density at radius 3 is 2.78 bits per heavy atom. The molecule has 3 aromatic rings. The summed E-state index contributed by atoms with van der Waals surface area (Å²) in [7, 11) is 0. The van der Waals surface area contributed by atoms with E-state index in [1.807, 2.05) is 20.8 Å². The Labute approximate surface area is 188 Å². The van der Waals surface area contributed by atoms with Crippen molar-refractivity contribution in [3.05, 3.63) is 63.0 Å². The maximum absolute atomic E-state index is 12.7. The van der Waals surface area contributed by atoms with Crippen molar-refractivity contribution in [2.45, 2.75) is 44.4 Å². The summed E-state index contributed by atoms with van der Waals surface area (Å²) >= 11 is 1.42. The van der Waals surface area contributed by atoms with Crippen LogP contribution in [0, 0.1) is 5.92 Å². The van der Waals surface area contributed by atoms with Crippen LogP contribution in [0.4, 0.5) is 0 Å². The van der Waals surface area contributed by atoms with Gasteiger partial charge in [0, 0.05) is 36.4 Å². The molecule has 32 heavy (non-hydrogen) atoms. The zero-order valence-corrected chi connectivity index (χ0v) is 19.0. The van der Waals surface area contributed by atoms with Gasteiger partial charge in [0.1, 0.15) is 5.69 Å². The van der Waals surface area contributed by atoms with Gasteiger partial charge in [-0.15, -0.1) is 0 Å². The van der Waals surface area contributed by atoms with Crippen LogP contribution in [-0.4, -0.2) is 37.5 Å². The molecular formula is C22H25N5O4S. The van der Waals surface area contributed by atoms with Gasteiger partial charge in [0.2, 0.25) is 5.91 Å². The first kappa shape index (κ1) is 22.1. The molecule has 3 aromatic heterocycles. The number of nitrogens with zero attached hydrogens (tertiary/aromatic N) is 4. The van der Waals surface area contributed by atoms with Crippen LogP contribution >= 0.6 is 11.8 Å². The van der Waals surface area contributed by atoms with Crippen molar-refractivity contribution in [2.24, 2.45) is 5.92 Å². The number of amides is 1. The topological polar surface area (TPSA) is 112 Å². The van der Waals surface area contributed by atoms with Gasteiger partial charge in [-0.05, 0) is 18.2 Å². The summed E-state index contributed by atoms with van der Waals surface area (Å²) in [4.78, 5) is 42.0. The number of aromatic nitrogens is 4. The molecule has 4 rings (SSSR count). The Balaban J connectivity index is 1.39. The summed E-state index contributed by atoms with van der Waals surface area (Å²) in [5, 5.41) is 7.80. The molecule has 4 heterocycles. The quantitative estimate of drug-likeness (QED) is 0.585. The van der Waals surface area contributed by atoms with Gasteiger partial charge in [-0.1, -0.05) is 32.5 Å². The Morgan fingerprint density at radius 1 is 1.25 bits per heavy atom. The third-order valence-electron chi connectivity index (χ3n) is 5.19. The van der Waals surface area contributed by atoms with E-state index in [9.17, 15) is 14.4 Å². The average Bonchev–Trinajstić information content (AvgIpc) is 3.29. The van der Waals surface area contributed by atoms with Crippen molar-refractivity contribution < 1.29 is 9.21 Å². The van der Waals surface area contributed by atoms with E-state index in [4.69, 9.17) is 4.42 Å². The highest BCUT2D eigenvalue weighted by atomic mass is 32.2. The molecule has 10 heteroatoms. The van der Waals surface area contributed by atoms with Crippen LogP contribution in [0.15, 0.2) is 55.8 Å². The van der Waals surface area contributed by atoms with Gasteiger partial charge in [0.25, 0.3) is 11.1 Å². The fourth-order valence-electron chi connectivity index (χ4n) is 3.35. The number of hydrogen-bond acceptors (Lipinski definition) is 7. The summed E-state index contributed by atoms with van der Waals surface area (Å²) in [6.07, 6.45) is 1.54. The fourth-order valence-corrected chi connectivity index (χ4v) is 4.44. The van der Waals surface area contributed by atoms with E-state index in [1.54, 1.807) is 28.8 Å². The molecule has 0 saturated heterocycles. The first-order valence-corrected chi connectivity index (χ1v) is 11.4. The predicted octanol–water partition coefficient (Wildman–Crippen LogP) is 1.90. The summed E-state index contributed by atoms with van der Waals surface area (Å²) < 4.78 is 8.18. The number of furan rings is 1. The third kappa shape index (κ3) is 4.69. The van der Waals surface area contributed by atoms with E-state index in [1.165, 1.54) is 28.8 Å². The van der Waals surface area contributed by atoms with Crippen molar-refractivity contribution in [3.8, 4) is 11.5 Å². The molecule has 1 N–H and O–H groups in total. The van der Waals surface area contributed by atoms with Gasteiger partial charge in [-0.25, -0.2) is 9.67 Å². The first-order valence-electron chi connectivity index (χ1n) is 10.4. The van der Waals surface area contributed by atoms with Gasteiger partial charge >= 0.3 is 0 Å². The van der Waals surface area contributed by atoms with Crippen LogP contribution in [-0.2, 0) is 23.3 Å². The molecule has 0 aromatic carbocycles. The van der Waals surface area contributed by atoms with E-state index in [2.05, 4.69) is 15.4 Å². The van der Waals surface area contributed by atoms with Crippen LogP contribution < -0.4 is 16.4 Å². The minimum absolute atomic E-state index is 0.143. The second kappa shape index (κ2) is 8.78. The lowest BCUT2D eigenvalue weighted by molar-refractivity contribution is -0.124. The molecule has 1 aliphatic rings. The zero-order chi connectivity index (χ0) is 22.9. The number of thioether (sulfide) groups is 1. The minimum atomic E-state index is -0.355. The highest BCUT2D eigenvalue weighted by Crippen LogP contribution is 2.28. The third-order valence-corrected chi connectivity index (χ3v) is 6.33. The lowest BCUT2D eigenvalue weighted by Crippen LogP contribution is -2.41. The van der Waals surface area contributed by atoms with Gasteiger partial charge in [-0.3, -0.25) is 19.0 Å². The van der Waals surface area contributed by atoms with Crippen molar-refractivity contribution >= 4 is 17.7 Å². The number of fused-ring (bicyclic) bond motifs is 1. The first-order chi connectivity index (χ1) is 15.2. The molecule has 1 aliphatic heterocycles. The highest BCUT2D eigenvalue weighted by Gasteiger charge is 2.28. The molecule has 1 amide bonds. The summed E-state index contributed by atoms with van der Waals surface area (Å²) in [5.41, 5.74) is 0.671. The number of hydrogen-bond donors (Lipinski definition) is 1. The van der Waals surface area contributed by atoms with Crippen molar-refractivity contribution in [3.63, 3.8) is 0 Å². The molecule has 1 atom stereocenters. The average molecular weight is 456 g/mol. The van der Waals surface area contributed by atoms with Gasteiger partial charge < -0.3 is 9.73 Å². The number of carbonyl (C=O) groups is 1. The van der Waals surface area contributed by atoms with Crippen LogP contribution in [0.3, 0.4) is 0 Å². The van der Waals surface area contributed by atoms with Crippen LogP contribution in [0.1, 0.15) is 26.5 Å². The molecule has 0 aliphatic carbocycles. The second-order valence-corrected chi connectivity index (χ2v) is 9.67. The Kier molecular flexibility index (Phi) is 6.05. The minimum Gasteiger partial charge on any atom is -0.463 e. The standard InChI is InChI=1S/C22H25N5O4S/c1-22(2,3)17-11-19(29)26-12-14(13-32-21(26)24-17)20(30)23-8-9-27-18(28)7-6-15(25-27)16-5-4-10-31-16/h4-7,10-11,14H,8-9,12-13H2,1-3H3,(H,23,30). The molecule has 0 fully saturated rings. The lowest BCUT2D eigenvalue weighted by atomic mass is 9.92. The lowest BCUT2D eigenvalue weighted by Gasteiger charge is -2.26. The summed E-state index contributed by atoms with van der Waals surface area (Å²) in [5.74, 6) is 0.587. The maximum Gasteiger partial charge on any atom is 0.266 e. The Morgan fingerprint density at radius 2 is 2.06 bits per heavy atom. The number of carbonyl (C=O) groups excluding carboxylic acids is 1. The van der Waals surface area contributed by atoms with Crippen molar-refractivity contribution in [1.29, 1.82) is 0 Å². The van der Waals surface area contributed by atoms with Gasteiger partial charge in [0.05, 0.1) is 24.4 Å². The van der Waals surface area contributed by atoms with E-state index in [0.717, 1.165) is 5.69 Å². The smallest absolute Gasteiger partial charge is 0.266 e. The van der Waals surface area contributed by atoms with E-state index >= 15 is 0 Å². The molecular weight excluding hydrogens is 430 g/mol. The van der Waals surface area contributed by atoms with Crippen LogP contribution in [0.2, 0.25) is 0 Å². The van der Waals surface area contributed by atoms with Crippen LogP contribution in [0.5, 0.6) is 0 Å². The Hall–Kier alpha value is -3.14. The van der Waals surface area contributed by atoms with E-state index in [0.29, 0.717) is 22.4 Å². The molecule has 9 nitrogen and oxygen atoms in total. The summed E-state index contributed by atoms with van der Waals surface area (Å²) in [6.45, 7) is 6.81. The maximum atomic E-state index is 12.7. The largest absolute Gasteiger partial charge is 0.463 e. The van der Waals surface area contributed by atoms with E-state index < -0.39 is 0 Å². The molecule has 0 spiro atoms. The normalized spacial score (nSPS) is 15.9.